The Bertz CT molecular complexity index is 10600. The Hall–Kier alpha value is -19.1. The standard InChI is InChI=1S/C45H25N3O2.C45H25N3OS.C45H30N2/c1-2-9-28(10-3-1)43-46-44(48-45(47-43)34-13-8-16-37-41(34)32-11-4-6-14-35(32)49-37)30-21-23-31-29(25-30)20-19-26-17-18-27-22-24-38-42(40(27)39(26)31)33-12-5-7-15-36(33)50-38;1-2-9-28(10-3-1)43-46-44(48-45(47-43)34-13-8-15-36-41(34)32-11-4-6-14-35(32)49-36)30-21-23-31-29(25-30)20-19-26-17-18-27-22-24-38-42(40(27)39(26)31)33-12-5-7-16-37(33)50-38;1-45(2)36-15-9-8-14-35(36)41-37(45)24-21-29-17-16-28-18-19-31-26-32(20-23-33(31)39(28)40(29)41)43-42(30-11-4-3-5-12-30)46-38-25-22-27-10-6-7-13-34(27)44(38)47-43/h2*1-25H;3-26H,1-2H3. The van der Waals surface area contributed by atoms with Crippen molar-refractivity contribution < 1.29 is 13.3 Å². The lowest BCUT2D eigenvalue weighted by Gasteiger charge is -2.21. The van der Waals surface area contributed by atoms with Gasteiger partial charge in [0.15, 0.2) is 34.9 Å². The Balaban J connectivity index is 0.000000102. The molecule has 31 aromatic rings. The third-order valence-corrected chi connectivity index (χ3v) is 31.3. The second kappa shape index (κ2) is 33.0. The van der Waals surface area contributed by atoms with Gasteiger partial charge in [0.05, 0.1) is 22.4 Å². The lowest BCUT2D eigenvalue weighted by atomic mass is 9.81. The Labute approximate surface area is 844 Å². The second-order valence-corrected chi connectivity index (χ2v) is 39.9. The minimum absolute atomic E-state index is 0.0488. The molecule has 0 aliphatic heterocycles. The maximum Gasteiger partial charge on any atom is 0.164 e. The van der Waals surface area contributed by atoms with Crippen molar-refractivity contribution in [2.45, 2.75) is 19.3 Å². The SMILES string of the molecule is CC1(C)c2ccccc2-c2c1ccc1ccc3ccc4cc(-c5nc6c(ccc7ccccc76)nc5-c5ccccc5)ccc4c3c21.c1ccc(-c2nc(-c3ccc4c(ccc5ccc6ccc7oc8ccccc8c7c6c54)c3)nc(-c3cccc4oc5ccccc5c34)n2)cc1.c1ccc(-c2nc(-c3ccc4c(ccc5ccc6ccc7sc8ccccc8c7c6c54)c3)nc(-c3cccc4oc5ccccc5c34)n2)cc1. The monoisotopic (exact) mass is 1890 g/mol. The molecule has 7 aromatic heterocycles. The molecule has 0 spiro atoms. The number of furan rings is 3. The maximum atomic E-state index is 6.31. The predicted octanol–water partition coefficient (Wildman–Crippen LogP) is 36.6. The van der Waals surface area contributed by atoms with Crippen molar-refractivity contribution in [3.05, 3.63) is 460 Å². The highest BCUT2D eigenvalue weighted by Gasteiger charge is 2.37. The Kier molecular flexibility index (Phi) is 18.8. The highest BCUT2D eigenvalue weighted by molar-refractivity contribution is 7.26. The molecule has 11 nitrogen and oxygen atoms in total. The van der Waals surface area contributed by atoms with E-state index in [4.69, 9.17) is 53.1 Å². The van der Waals surface area contributed by atoms with Gasteiger partial charge in [-0.15, -0.1) is 11.3 Å². The molecule has 7 heterocycles. The summed E-state index contributed by atoms with van der Waals surface area (Å²) >= 11 is 1.86. The fraction of sp³-hybridized carbons (Fsp3) is 0.0222. The lowest BCUT2D eigenvalue weighted by Crippen LogP contribution is -2.14. The third-order valence-electron chi connectivity index (χ3n) is 30.2. The summed E-state index contributed by atoms with van der Waals surface area (Å²) in [5.41, 5.74) is 21.9. The van der Waals surface area contributed by atoms with Crippen molar-refractivity contribution >= 4 is 216 Å². The van der Waals surface area contributed by atoms with Gasteiger partial charge in [0.25, 0.3) is 0 Å². The van der Waals surface area contributed by atoms with E-state index >= 15 is 0 Å². The predicted molar refractivity (Wildman–Crippen MR) is 610 cm³/mol. The summed E-state index contributed by atoms with van der Waals surface area (Å²) in [6.45, 7) is 4.72. The number of thiophene rings is 1. The maximum absolute atomic E-state index is 6.31. The van der Waals surface area contributed by atoms with Gasteiger partial charge >= 0.3 is 0 Å². The summed E-state index contributed by atoms with van der Waals surface area (Å²) in [5, 5.41) is 33.4. The molecule has 0 fully saturated rings. The van der Waals surface area contributed by atoms with Crippen LogP contribution in [0.2, 0.25) is 0 Å². The third kappa shape index (κ3) is 13.4. The number of rotatable bonds is 8. The van der Waals surface area contributed by atoms with Crippen molar-refractivity contribution in [2.75, 3.05) is 0 Å². The first kappa shape index (κ1) is 83.6. The van der Waals surface area contributed by atoms with E-state index in [-0.39, 0.29) is 5.41 Å². The molecule has 0 bridgehead atoms. The number of aromatic nitrogens is 8. The van der Waals surface area contributed by atoms with Crippen LogP contribution < -0.4 is 0 Å². The van der Waals surface area contributed by atoms with E-state index in [9.17, 15) is 0 Å². The molecule has 1 aliphatic carbocycles. The van der Waals surface area contributed by atoms with Crippen molar-refractivity contribution in [3.8, 4) is 102 Å². The van der Waals surface area contributed by atoms with Crippen molar-refractivity contribution in [3.63, 3.8) is 0 Å². The summed E-state index contributed by atoms with van der Waals surface area (Å²) in [7, 11) is 0. The van der Waals surface area contributed by atoms with Gasteiger partial charge in [-0.3, -0.25) is 0 Å². The molecule has 0 N–H and O–H groups in total. The number of hydrogen-bond acceptors (Lipinski definition) is 12. The molecule has 0 atom stereocenters. The van der Waals surface area contributed by atoms with E-state index in [0.29, 0.717) is 34.9 Å². The van der Waals surface area contributed by atoms with Crippen LogP contribution in [0.1, 0.15) is 25.0 Å². The van der Waals surface area contributed by atoms with Crippen LogP contribution in [0.3, 0.4) is 0 Å². The van der Waals surface area contributed by atoms with Crippen LogP contribution >= 0.6 is 11.3 Å². The van der Waals surface area contributed by atoms with Crippen molar-refractivity contribution in [2.24, 2.45) is 0 Å². The second-order valence-electron chi connectivity index (χ2n) is 38.9. The molecule has 0 amide bonds. The van der Waals surface area contributed by atoms with Gasteiger partial charge < -0.3 is 13.3 Å². The number of fused-ring (bicyclic) bond motifs is 36. The van der Waals surface area contributed by atoms with E-state index in [2.05, 4.69) is 323 Å². The van der Waals surface area contributed by atoms with E-state index < -0.39 is 0 Å². The Morgan fingerprint density at radius 1 is 0.190 bits per heavy atom. The van der Waals surface area contributed by atoms with Crippen LogP contribution in [0.4, 0.5) is 0 Å². The fourth-order valence-electron chi connectivity index (χ4n) is 23.4. The van der Waals surface area contributed by atoms with Gasteiger partial charge in [-0.25, -0.2) is 39.9 Å². The highest BCUT2D eigenvalue weighted by Crippen LogP contribution is 2.55. The Morgan fingerprint density at radius 3 is 1.12 bits per heavy atom. The van der Waals surface area contributed by atoms with Crippen LogP contribution in [0.5, 0.6) is 0 Å². The number of nitrogens with zero attached hydrogens (tertiary/aromatic N) is 8. The smallest absolute Gasteiger partial charge is 0.164 e. The first-order valence-electron chi connectivity index (χ1n) is 49.7. The summed E-state index contributed by atoms with van der Waals surface area (Å²) < 4.78 is 21.4. The van der Waals surface area contributed by atoms with Crippen LogP contribution in [0.15, 0.2) is 462 Å². The minimum atomic E-state index is -0.0488. The quantitative estimate of drug-likeness (QED) is 0.134. The van der Waals surface area contributed by atoms with Crippen LogP contribution in [-0.2, 0) is 5.41 Å². The first-order chi connectivity index (χ1) is 72.6. The summed E-state index contributed by atoms with van der Waals surface area (Å²) in [4.78, 5) is 41.2. The van der Waals surface area contributed by atoms with Gasteiger partial charge in [-0.05, 0) is 192 Å². The zero-order valence-electron chi connectivity index (χ0n) is 79.4. The fourth-order valence-corrected chi connectivity index (χ4v) is 24.5. The number of hydrogen-bond donors (Lipinski definition) is 0. The summed E-state index contributed by atoms with van der Waals surface area (Å²) in [6.07, 6.45) is 0. The van der Waals surface area contributed by atoms with Gasteiger partial charge in [-0.1, -0.05) is 390 Å². The molecule has 24 aromatic carbocycles. The topological polar surface area (TPSA) is 143 Å². The minimum Gasteiger partial charge on any atom is -0.456 e. The molecule has 0 unspecified atom stereocenters. The molecule has 0 saturated carbocycles. The van der Waals surface area contributed by atoms with Gasteiger partial charge in [0, 0.05) is 113 Å². The van der Waals surface area contributed by atoms with Crippen LogP contribution in [-0.4, -0.2) is 39.9 Å². The lowest BCUT2D eigenvalue weighted by molar-refractivity contribution is 0.661. The summed E-state index contributed by atoms with van der Waals surface area (Å²) in [6, 6.07) is 158. The molecule has 684 valence electrons. The molecular weight excluding hydrogens is 1810 g/mol. The molecular formula is C135H80N8O3S. The average molecular weight is 1890 g/mol. The zero-order chi connectivity index (χ0) is 96.8. The molecule has 0 radical (unpaired) electrons. The van der Waals surface area contributed by atoms with Crippen molar-refractivity contribution in [1.82, 2.24) is 39.9 Å². The van der Waals surface area contributed by atoms with Gasteiger partial charge in [-0.2, -0.15) is 0 Å². The largest absolute Gasteiger partial charge is 0.456 e. The van der Waals surface area contributed by atoms with Crippen LogP contribution in [0.25, 0.3) is 307 Å². The molecule has 147 heavy (non-hydrogen) atoms. The number of benzene rings is 24. The zero-order valence-corrected chi connectivity index (χ0v) is 80.3. The summed E-state index contributed by atoms with van der Waals surface area (Å²) in [5.74, 6) is 3.71. The normalized spacial score (nSPS) is 12.5. The van der Waals surface area contributed by atoms with E-state index in [1.165, 1.54) is 134 Å². The van der Waals surface area contributed by atoms with Gasteiger partial charge in [0.2, 0.25) is 0 Å². The van der Waals surface area contributed by atoms with Crippen LogP contribution in [0, 0.1) is 0 Å². The first-order valence-corrected chi connectivity index (χ1v) is 50.5. The van der Waals surface area contributed by atoms with Gasteiger partial charge in [0.1, 0.15) is 33.5 Å². The van der Waals surface area contributed by atoms with E-state index in [1.54, 1.807) is 0 Å². The molecule has 0 saturated heterocycles. The molecule has 12 heteroatoms. The Morgan fingerprint density at radius 2 is 0.565 bits per heavy atom. The van der Waals surface area contributed by atoms with Crippen molar-refractivity contribution in [1.29, 1.82) is 0 Å². The van der Waals surface area contributed by atoms with E-state index in [1.807, 2.05) is 151 Å². The van der Waals surface area contributed by atoms with E-state index in [0.717, 1.165) is 149 Å². The molecule has 1 aliphatic rings. The molecule has 32 rings (SSSR count). The highest BCUT2D eigenvalue weighted by atomic mass is 32.1. The average Bonchev–Trinajstić information content (AvgIpc) is 1.56. The number of para-hydroxylation sites is 3.